The molecule has 14 rings (SSSR count). The first-order valence-electron chi connectivity index (χ1n) is 46.9. The van der Waals surface area contributed by atoms with Gasteiger partial charge in [-0.25, -0.2) is 9.97 Å². The Morgan fingerprint density at radius 2 is 0.911 bits per heavy atom. The predicted molar refractivity (Wildman–Crippen MR) is 530 cm³/mol. The number of rotatable bonds is 41. The number of nitrogens with zero attached hydrogens (tertiary/aromatic N) is 7. The summed E-state index contributed by atoms with van der Waals surface area (Å²) >= 11 is 0. The lowest BCUT2D eigenvalue weighted by Crippen LogP contribution is -2.58. The fourth-order valence-corrected chi connectivity index (χ4v) is 17.9. The molecule has 135 heavy (non-hydrogen) atoms. The standard InChI is InChI=1S/2C35H46N10O3.C33H40N4O2/c2*1-23(46)42-32(19-26-21-38-22-41-26)33(47)44-31(18-24-8-3-2-4-9-24)29-14-17-45(34(48)30(43-29)12-7-15-39-35(36)37)16-13-25-20-40-28-11-6-5-10-27(25)28;1-25-14-16-26(17-15-25)18-19-32(38)35-23-29-20-22-37(33(39)31(36-29)13-8-21-34)24-30(27-9-4-2-5-10-27)28-11-6-3-7-12-28/h2*2-6,8-11,20-22,29-32,40,43H,7,12-19H2,1H3,(H,38,41)(H,42,46)(H,44,47)(H4,36,37,39);2-7,9-12,14-19,29-31,36H,8,13,20-24,34H2,1H3,(H,35,38)/b;;19-18+/t29-,30-,31+,32-;29-,30-,31-,32-;29-,31-/m000/s1. The summed E-state index contributed by atoms with van der Waals surface area (Å²) in [5, 5.41) is 28.2. The maximum atomic E-state index is 14.1. The van der Waals surface area contributed by atoms with E-state index in [1.165, 1.54) is 30.5 Å². The summed E-state index contributed by atoms with van der Waals surface area (Å²) in [7, 11) is 0. The first-order valence-corrected chi connectivity index (χ1v) is 46.9. The van der Waals surface area contributed by atoms with Gasteiger partial charge in [-0.3, -0.25) is 48.3 Å². The summed E-state index contributed by atoms with van der Waals surface area (Å²) in [5.74, 6) is -1.12. The minimum absolute atomic E-state index is 0.00894. The molecule has 7 aromatic carbocycles. The quantitative estimate of drug-likeness (QED) is 0.00773. The molecule has 3 aliphatic heterocycles. The molecule has 11 aromatic rings. The molecule has 32 heteroatoms. The van der Waals surface area contributed by atoms with Gasteiger partial charge in [0, 0.05) is 186 Å². The number of guanidine groups is 2. The Labute approximate surface area is 789 Å². The van der Waals surface area contributed by atoms with E-state index in [1.807, 2.05) is 198 Å². The van der Waals surface area contributed by atoms with Crippen molar-refractivity contribution in [2.75, 3.05) is 65.4 Å². The van der Waals surface area contributed by atoms with E-state index in [1.54, 1.807) is 31.1 Å². The molecular weight excluding hydrogens is 1700 g/mol. The van der Waals surface area contributed by atoms with Crippen LogP contribution < -0.4 is 71.2 Å². The lowest BCUT2D eigenvalue weighted by Gasteiger charge is -2.31. The van der Waals surface area contributed by atoms with Crippen molar-refractivity contribution in [2.24, 2.45) is 38.7 Å². The van der Waals surface area contributed by atoms with Gasteiger partial charge >= 0.3 is 0 Å². The maximum absolute atomic E-state index is 14.1. The number of H-pyrrole nitrogens is 4. The molecule has 10 atom stereocenters. The van der Waals surface area contributed by atoms with Crippen LogP contribution in [0.1, 0.15) is 133 Å². The first kappa shape index (κ1) is 99.9. The van der Waals surface area contributed by atoms with Crippen LogP contribution in [0.3, 0.4) is 0 Å². The summed E-state index contributed by atoms with van der Waals surface area (Å²) in [6.45, 7) is 10.0. The molecule has 3 saturated heterocycles. The van der Waals surface area contributed by atoms with Gasteiger partial charge < -0.3 is 106 Å². The summed E-state index contributed by atoms with van der Waals surface area (Å²) in [4.78, 5) is 141. The summed E-state index contributed by atoms with van der Waals surface area (Å²) in [5.41, 5.74) is 40.6. The highest BCUT2D eigenvalue weighted by molar-refractivity contribution is 5.92. The third-order valence-electron chi connectivity index (χ3n) is 24.9. The van der Waals surface area contributed by atoms with Crippen LogP contribution in [-0.2, 0) is 76.9 Å². The summed E-state index contributed by atoms with van der Waals surface area (Å²) in [6.07, 6.45) is 22.4. The molecular formula is C103H132N24O8. The Morgan fingerprint density at radius 1 is 0.489 bits per heavy atom. The van der Waals surface area contributed by atoms with Crippen molar-refractivity contribution in [3.8, 4) is 0 Å². The predicted octanol–water partition coefficient (Wildman–Crippen LogP) is 7.30. The monoisotopic (exact) mass is 1830 g/mol. The number of hydrogen-bond acceptors (Lipinski definition) is 16. The van der Waals surface area contributed by atoms with Gasteiger partial charge in [-0.05, 0) is 154 Å². The highest BCUT2D eigenvalue weighted by Crippen LogP contribution is 2.29. The number of hydrogen-bond donors (Lipinski definition) is 17. The third kappa shape index (κ3) is 31.3. The Balaban J connectivity index is 0.000000183. The topological polar surface area (TPSA) is 486 Å². The van der Waals surface area contributed by atoms with Gasteiger partial charge in [-0.15, -0.1) is 0 Å². The largest absolute Gasteiger partial charge is 0.370 e. The first-order chi connectivity index (χ1) is 65.6. The van der Waals surface area contributed by atoms with Crippen molar-refractivity contribution < 1.29 is 38.4 Å². The van der Waals surface area contributed by atoms with E-state index in [2.05, 4.69) is 119 Å². The number of aromatic nitrogens is 6. The number of imidazole rings is 2. The fourth-order valence-electron chi connectivity index (χ4n) is 17.9. The molecule has 0 saturated carbocycles. The van der Waals surface area contributed by atoms with Crippen molar-refractivity contribution in [1.82, 2.24) is 87.1 Å². The number of carbonyl (C=O) groups excluding carboxylic acids is 8. The average Bonchev–Trinajstić information content (AvgIpc) is 1.75. The van der Waals surface area contributed by atoms with Crippen LogP contribution in [0.5, 0.6) is 0 Å². The van der Waals surface area contributed by atoms with Crippen LogP contribution in [0.25, 0.3) is 27.9 Å². The summed E-state index contributed by atoms with van der Waals surface area (Å²) < 4.78 is 0. The average molecular weight is 1830 g/mol. The van der Waals surface area contributed by atoms with E-state index in [4.69, 9.17) is 28.7 Å². The Bertz CT molecular complexity index is 5350. The van der Waals surface area contributed by atoms with E-state index in [9.17, 15) is 38.4 Å². The second-order valence-corrected chi connectivity index (χ2v) is 35.0. The highest BCUT2D eigenvalue weighted by atomic mass is 16.2. The molecule has 0 bridgehead atoms. The third-order valence-corrected chi connectivity index (χ3v) is 24.9. The molecule has 0 radical (unpaired) electrons. The molecule has 8 amide bonds. The number of aromatic amines is 4. The second kappa shape index (κ2) is 51.8. The Morgan fingerprint density at radius 3 is 1.35 bits per heavy atom. The van der Waals surface area contributed by atoms with Crippen molar-refractivity contribution in [1.29, 1.82) is 0 Å². The van der Waals surface area contributed by atoms with Gasteiger partial charge in [0.25, 0.3) is 0 Å². The van der Waals surface area contributed by atoms with Gasteiger partial charge in [0.05, 0.1) is 30.8 Å². The van der Waals surface area contributed by atoms with Crippen LogP contribution in [0, 0.1) is 6.92 Å². The molecule has 0 aliphatic carbocycles. The summed E-state index contributed by atoms with van der Waals surface area (Å²) in [6, 6.07) is 60.8. The molecule has 4 aromatic heterocycles. The zero-order valence-electron chi connectivity index (χ0n) is 77.4. The van der Waals surface area contributed by atoms with Crippen LogP contribution in [-0.4, -0.2) is 230 Å². The number of nitrogens with one attached hydrogen (secondary N) is 12. The van der Waals surface area contributed by atoms with E-state index < -0.39 is 24.2 Å². The van der Waals surface area contributed by atoms with Crippen molar-refractivity contribution in [3.05, 3.63) is 294 Å². The molecule has 22 N–H and O–H groups in total. The van der Waals surface area contributed by atoms with Gasteiger partial charge in [0.2, 0.25) is 47.3 Å². The zero-order chi connectivity index (χ0) is 95.2. The zero-order valence-corrected chi connectivity index (χ0v) is 77.4. The van der Waals surface area contributed by atoms with Crippen LogP contribution in [0.4, 0.5) is 0 Å². The van der Waals surface area contributed by atoms with Crippen molar-refractivity contribution >= 4 is 87.1 Å². The van der Waals surface area contributed by atoms with Crippen molar-refractivity contribution in [2.45, 2.75) is 183 Å². The SMILES string of the molecule is CC(=O)N[C@@H](Cc1cnc[nH]1)C(=O)N[C@@H](Cc1ccccc1)[C@@H]1CCN(CCc2c[nH]c3ccccc23)C(=O)[C@H](CCCN=C(N)N)N1.CC(=O)N[C@@H](Cc1cnc[nH]1)C(=O)N[C@H](Cc1ccccc1)[C@@H]1CCN(CCc2c[nH]c3ccccc23)C(=O)[C@H](CCCN=C(N)N)N1.Cc1ccc(/C=C/C(=O)NC[C@@H]2CCN(CC(c3ccccc3)c3ccccc3)C(=O)[C@H](CCCN)N2)cc1. The number of benzene rings is 7. The van der Waals surface area contributed by atoms with Gasteiger partial charge in [0.15, 0.2) is 11.9 Å². The molecule has 7 heterocycles. The van der Waals surface area contributed by atoms with Gasteiger partial charge in [-0.2, -0.15) is 0 Å². The smallest absolute Gasteiger partial charge is 0.244 e. The normalized spacial score (nSPS) is 17.8. The molecule has 3 aliphatic rings. The molecule has 712 valence electrons. The molecule has 32 nitrogen and oxygen atoms in total. The Hall–Kier alpha value is -14.1. The number of carbonyl (C=O) groups is 8. The second-order valence-electron chi connectivity index (χ2n) is 35.0. The van der Waals surface area contributed by atoms with E-state index >= 15 is 0 Å². The number of nitrogens with two attached hydrogens (primary N) is 5. The maximum Gasteiger partial charge on any atom is 0.244 e. The van der Waals surface area contributed by atoms with Crippen LogP contribution >= 0.6 is 0 Å². The van der Waals surface area contributed by atoms with Crippen LogP contribution in [0.15, 0.2) is 248 Å². The molecule has 3 fully saturated rings. The van der Waals surface area contributed by atoms with E-state index in [-0.39, 0.29) is 114 Å². The van der Waals surface area contributed by atoms with E-state index in [0.29, 0.717) is 136 Å². The van der Waals surface area contributed by atoms with Gasteiger partial charge in [-0.1, -0.05) is 188 Å². The number of aliphatic imine (C=N–C) groups is 2. The lowest BCUT2D eigenvalue weighted by atomic mass is 9.90. The van der Waals surface area contributed by atoms with Gasteiger partial charge in [0.1, 0.15) is 12.1 Å². The minimum Gasteiger partial charge on any atom is -0.370 e. The fraction of sp³-hybridized carbons (Fsp3) is 0.379. The lowest BCUT2D eigenvalue weighted by molar-refractivity contribution is -0.133. The highest BCUT2D eigenvalue weighted by Gasteiger charge is 2.39. The van der Waals surface area contributed by atoms with E-state index in [0.717, 1.165) is 73.9 Å². The number of para-hydroxylation sites is 2. The van der Waals surface area contributed by atoms with Crippen LogP contribution in [0.2, 0.25) is 0 Å². The molecule has 0 unspecified atom stereocenters. The number of fused-ring (bicyclic) bond motifs is 2. The number of aryl methyl sites for hydroxylation is 1. The Kier molecular flexibility index (Phi) is 38.3. The number of amides is 8. The molecule has 0 spiro atoms. The van der Waals surface area contributed by atoms with Crippen molar-refractivity contribution in [3.63, 3.8) is 0 Å². The minimum atomic E-state index is -0.809.